The number of carbonyl (C=O) groups is 1. The summed E-state index contributed by atoms with van der Waals surface area (Å²) >= 11 is 0. The molecule has 1 heterocycles. The molecule has 0 aliphatic rings. The molecule has 2 aromatic rings. The number of benzene rings is 1. The first-order chi connectivity index (χ1) is 8.63. The fraction of sp³-hybridized carbons (Fsp3) is 0. The van der Waals surface area contributed by atoms with Crippen molar-refractivity contribution in [3.63, 3.8) is 0 Å². The van der Waals surface area contributed by atoms with Gasteiger partial charge in [0, 0.05) is 18.0 Å². The molecule has 0 saturated heterocycles. The van der Waals surface area contributed by atoms with E-state index in [1.54, 1.807) is 0 Å². The molecule has 0 radical (unpaired) electrons. The van der Waals surface area contributed by atoms with E-state index in [2.05, 4.69) is 20.6 Å². The Morgan fingerprint density at radius 1 is 1.11 bits per heavy atom. The van der Waals surface area contributed by atoms with Crippen molar-refractivity contribution in [1.29, 1.82) is 0 Å². The Morgan fingerprint density at radius 3 is 2.44 bits per heavy atom. The van der Waals surface area contributed by atoms with Crippen LogP contribution in [-0.4, -0.2) is 16.0 Å². The zero-order valence-corrected chi connectivity index (χ0v) is 9.02. The van der Waals surface area contributed by atoms with Crippen molar-refractivity contribution in [2.45, 2.75) is 0 Å². The molecule has 0 aliphatic heterocycles. The van der Waals surface area contributed by atoms with Gasteiger partial charge in [-0.3, -0.25) is 5.32 Å². The van der Waals surface area contributed by atoms with Crippen LogP contribution in [0.4, 0.5) is 25.1 Å². The molecule has 0 fully saturated rings. The summed E-state index contributed by atoms with van der Waals surface area (Å²) in [6.07, 6.45) is 2.71. The molecule has 92 valence electrons. The summed E-state index contributed by atoms with van der Waals surface area (Å²) in [7, 11) is 0. The number of urea groups is 1. The lowest BCUT2D eigenvalue weighted by Gasteiger charge is -2.06. The molecule has 2 amide bonds. The van der Waals surface area contributed by atoms with Gasteiger partial charge >= 0.3 is 6.03 Å². The molecule has 0 aliphatic carbocycles. The van der Waals surface area contributed by atoms with Gasteiger partial charge in [0.15, 0.2) is 0 Å². The number of nitrogens with zero attached hydrogens (tertiary/aromatic N) is 2. The van der Waals surface area contributed by atoms with E-state index in [9.17, 15) is 13.6 Å². The highest BCUT2D eigenvalue weighted by Gasteiger charge is 2.05. The molecular weight excluding hydrogens is 242 g/mol. The predicted molar refractivity (Wildman–Crippen MR) is 61.0 cm³/mol. The molecule has 0 bridgehead atoms. The van der Waals surface area contributed by atoms with Gasteiger partial charge in [0.05, 0.1) is 0 Å². The molecule has 1 aromatic heterocycles. The first-order valence-electron chi connectivity index (χ1n) is 4.93. The molecule has 0 unspecified atom stereocenters. The minimum absolute atomic E-state index is 0.0130. The maximum atomic E-state index is 12.9. The first kappa shape index (κ1) is 11.9. The third-order valence-electron chi connectivity index (χ3n) is 1.94. The number of aromatic nitrogens is 2. The Morgan fingerprint density at radius 2 is 1.83 bits per heavy atom. The van der Waals surface area contributed by atoms with Crippen LogP contribution in [-0.2, 0) is 0 Å². The summed E-state index contributed by atoms with van der Waals surface area (Å²) in [6, 6.07) is 3.54. The van der Waals surface area contributed by atoms with E-state index in [4.69, 9.17) is 0 Å². The van der Waals surface area contributed by atoms with Gasteiger partial charge in [-0.15, -0.1) is 0 Å². The molecular formula is C11H8F2N4O. The van der Waals surface area contributed by atoms with Crippen LogP contribution >= 0.6 is 0 Å². The summed E-state index contributed by atoms with van der Waals surface area (Å²) in [5, 5.41) is 4.66. The average Bonchev–Trinajstić information content (AvgIpc) is 2.28. The number of nitrogens with one attached hydrogen (secondary N) is 2. The van der Waals surface area contributed by atoms with Gasteiger partial charge in [-0.05, 0) is 18.2 Å². The van der Waals surface area contributed by atoms with E-state index < -0.39 is 17.7 Å². The lowest BCUT2D eigenvalue weighted by atomic mass is 10.3. The van der Waals surface area contributed by atoms with Crippen LogP contribution in [0.25, 0.3) is 0 Å². The number of halogens is 2. The Bertz CT molecular complexity index is 542. The average molecular weight is 250 g/mol. The van der Waals surface area contributed by atoms with Gasteiger partial charge in [0.2, 0.25) is 0 Å². The first-order valence-corrected chi connectivity index (χ1v) is 4.93. The van der Waals surface area contributed by atoms with Crippen LogP contribution in [0.3, 0.4) is 0 Å². The second-order valence-corrected chi connectivity index (χ2v) is 3.33. The van der Waals surface area contributed by atoms with Crippen molar-refractivity contribution in [1.82, 2.24) is 9.97 Å². The zero-order valence-electron chi connectivity index (χ0n) is 9.02. The van der Waals surface area contributed by atoms with Crippen molar-refractivity contribution in [3.05, 3.63) is 48.4 Å². The van der Waals surface area contributed by atoms with Crippen LogP contribution in [0, 0.1) is 11.6 Å². The summed E-state index contributed by atoms with van der Waals surface area (Å²) in [5.41, 5.74) is 0.0130. The molecule has 2 N–H and O–H groups in total. The highest BCUT2D eigenvalue weighted by Crippen LogP contribution is 2.13. The Labute approximate surface area is 101 Å². The van der Waals surface area contributed by atoms with Crippen LogP contribution in [0.2, 0.25) is 0 Å². The molecule has 5 nitrogen and oxygen atoms in total. The normalized spacial score (nSPS) is 9.89. The van der Waals surface area contributed by atoms with E-state index in [-0.39, 0.29) is 11.5 Å². The van der Waals surface area contributed by atoms with Gasteiger partial charge in [0.25, 0.3) is 0 Å². The fourth-order valence-corrected chi connectivity index (χ4v) is 1.27. The highest BCUT2D eigenvalue weighted by atomic mass is 19.1. The second-order valence-electron chi connectivity index (χ2n) is 3.33. The van der Waals surface area contributed by atoms with Gasteiger partial charge in [-0.1, -0.05) is 0 Å². The standard InChI is InChI=1S/C11H8F2N4O/c12-7-3-8(13)5-9(4-7)16-11(18)17-10-1-2-14-6-15-10/h1-6H,(H2,14,15,16,17,18). The maximum Gasteiger partial charge on any atom is 0.324 e. The lowest BCUT2D eigenvalue weighted by molar-refractivity contribution is 0.262. The number of carbonyl (C=O) groups excluding carboxylic acids is 1. The minimum Gasteiger partial charge on any atom is -0.307 e. The summed E-state index contributed by atoms with van der Waals surface area (Å²) in [4.78, 5) is 18.9. The molecule has 2 rings (SSSR count). The third-order valence-corrected chi connectivity index (χ3v) is 1.94. The maximum absolute atomic E-state index is 12.9. The van der Waals surface area contributed by atoms with Crippen molar-refractivity contribution >= 4 is 17.5 Å². The number of rotatable bonds is 2. The van der Waals surface area contributed by atoms with Gasteiger partial charge < -0.3 is 5.32 Å². The SMILES string of the molecule is O=C(Nc1cc(F)cc(F)c1)Nc1ccncn1. The molecule has 0 spiro atoms. The Hall–Kier alpha value is -2.57. The molecule has 0 saturated carbocycles. The zero-order chi connectivity index (χ0) is 13.0. The van der Waals surface area contributed by atoms with Crippen molar-refractivity contribution < 1.29 is 13.6 Å². The van der Waals surface area contributed by atoms with Crippen molar-refractivity contribution in [3.8, 4) is 0 Å². The monoisotopic (exact) mass is 250 g/mol. The number of hydrogen-bond acceptors (Lipinski definition) is 3. The second kappa shape index (κ2) is 5.17. The molecule has 0 atom stereocenters. The van der Waals surface area contributed by atoms with Crippen molar-refractivity contribution in [2.24, 2.45) is 0 Å². The topological polar surface area (TPSA) is 66.9 Å². The molecule has 1 aromatic carbocycles. The predicted octanol–water partition coefficient (Wildman–Crippen LogP) is 2.40. The number of amides is 2. The Balaban J connectivity index is 2.03. The quantitative estimate of drug-likeness (QED) is 0.860. The lowest BCUT2D eigenvalue weighted by Crippen LogP contribution is -2.20. The summed E-state index contributed by atoms with van der Waals surface area (Å²) < 4.78 is 25.7. The number of hydrogen-bond donors (Lipinski definition) is 2. The van der Waals surface area contributed by atoms with Crippen LogP contribution < -0.4 is 10.6 Å². The van der Waals surface area contributed by atoms with Gasteiger partial charge in [0.1, 0.15) is 23.8 Å². The molecule has 18 heavy (non-hydrogen) atoms. The summed E-state index contributed by atoms with van der Waals surface area (Å²) in [6.45, 7) is 0. The van der Waals surface area contributed by atoms with Crippen LogP contribution in [0.5, 0.6) is 0 Å². The minimum atomic E-state index is -0.771. The smallest absolute Gasteiger partial charge is 0.307 e. The largest absolute Gasteiger partial charge is 0.324 e. The van der Waals surface area contributed by atoms with E-state index in [0.29, 0.717) is 6.07 Å². The van der Waals surface area contributed by atoms with E-state index in [0.717, 1.165) is 12.1 Å². The van der Waals surface area contributed by atoms with Crippen molar-refractivity contribution in [2.75, 3.05) is 10.6 Å². The van der Waals surface area contributed by atoms with Gasteiger partial charge in [-0.2, -0.15) is 0 Å². The van der Waals surface area contributed by atoms with Gasteiger partial charge in [-0.25, -0.2) is 23.5 Å². The third kappa shape index (κ3) is 3.21. The van der Waals surface area contributed by atoms with E-state index >= 15 is 0 Å². The molecule has 7 heteroatoms. The van der Waals surface area contributed by atoms with E-state index in [1.807, 2.05) is 0 Å². The Kier molecular flexibility index (Phi) is 3.42. The van der Waals surface area contributed by atoms with E-state index in [1.165, 1.54) is 18.6 Å². The summed E-state index contributed by atoms with van der Waals surface area (Å²) in [5.74, 6) is -1.26. The van der Waals surface area contributed by atoms with Crippen LogP contribution in [0.15, 0.2) is 36.8 Å². The number of anilines is 2. The highest BCUT2D eigenvalue weighted by molar-refractivity contribution is 5.99. The van der Waals surface area contributed by atoms with Crippen LogP contribution in [0.1, 0.15) is 0 Å². The fourth-order valence-electron chi connectivity index (χ4n) is 1.27.